The van der Waals surface area contributed by atoms with Crippen LogP contribution in [0.3, 0.4) is 0 Å². The van der Waals surface area contributed by atoms with E-state index >= 15 is 0 Å². The standard InChI is InChI=1S/C19H26/c1-12(2)17-4-13(3)18(8-17)19-9-14-5-15(10-19)7-16(6-14)11-19/h4,8,14-16H,5-7,9-11H2,1-3H3. The van der Waals surface area contributed by atoms with Crippen molar-refractivity contribution in [2.75, 3.05) is 0 Å². The van der Waals surface area contributed by atoms with Crippen LogP contribution in [0.1, 0.15) is 59.3 Å². The summed E-state index contributed by atoms with van der Waals surface area (Å²) in [5.74, 6) is 3.15. The van der Waals surface area contributed by atoms with Gasteiger partial charge in [0, 0.05) is 0 Å². The van der Waals surface area contributed by atoms with Gasteiger partial charge < -0.3 is 0 Å². The Labute approximate surface area is 117 Å². The molecule has 5 aliphatic rings. The number of hydrogen-bond donors (Lipinski definition) is 0. The summed E-state index contributed by atoms with van der Waals surface area (Å²) >= 11 is 0. The van der Waals surface area contributed by atoms with Crippen molar-refractivity contribution >= 4 is 0 Å². The Morgan fingerprint density at radius 1 is 0.947 bits per heavy atom. The lowest BCUT2D eigenvalue weighted by molar-refractivity contribution is -0.0290. The SMILES string of the molecule is CC1=CC(=C(C)C)C=C1C12CC3CC(CC(C3)C1)C2. The van der Waals surface area contributed by atoms with Crippen LogP contribution in [0.2, 0.25) is 0 Å². The molecule has 0 heterocycles. The van der Waals surface area contributed by atoms with Gasteiger partial charge in [0.2, 0.25) is 0 Å². The van der Waals surface area contributed by atoms with E-state index in [1.165, 1.54) is 30.4 Å². The molecule has 5 aliphatic carbocycles. The smallest absolute Gasteiger partial charge is 0.00362 e. The third-order valence-corrected chi connectivity index (χ3v) is 6.28. The zero-order valence-corrected chi connectivity index (χ0v) is 12.6. The van der Waals surface area contributed by atoms with E-state index in [4.69, 9.17) is 0 Å². The van der Waals surface area contributed by atoms with Gasteiger partial charge in [-0.2, -0.15) is 0 Å². The van der Waals surface area contributed by atoms with Crippen molar-refractivity contribution in [3.05, 3.63) is 34.4 Å². The second-order valence-electron chi connectivity index (χ2n) is 8.04. The largest absolute Gasteiger partial charge is 0.0692 e. The highest BCUT2D eigenvalue weighted by atomic mass is 14.6. The lowest BCUT2D eigenvalue weighted by atomic mass is 9.47. The molecular weight excluding hydrogens is 228 g/mol. The van der Waals surface area contributed by atoms with Gasteiger partial charge in [0.05, 0.1) is 0 Å². The first-order chi connectivity index (χ1) is 9.06. The van der Waals surface area contributed by atoms with E-state index in [-0.39, 0.29) is 0 Å². The van der Waals surface area contributed by atoms with E-state index in [2.05, 4.69) is 32.9 Å². The van der Waals surface area contributed by atoms with Crippen LogP contribution in [0.4, 0.5) is 0 Å². The van der Waals surface area contributed by atoms with Gasteiger partial charge in [-0.05, 0) is 99.2 Å². The van der Waals surface area contributed by atoms with Crippen molar-refractivity contribution in [2.45, 2.75) is 59.3 Å². The van der Waals surface area contributed by atoms with Crippen molar-refractivity contribution in [3.63, 3.8) is 0 Å². The van der Waals surface area contributed by atoms with E-state index in [1.807, 2.05) is 0 Å². The summed E-state index contributed by atoms with van der Waals surface area (Å²) in [4.78, 5) is 0. The minimum Gasteiger partial charge on any atom is -0.0692 e. The first kappa shape index (κ1) is 12.0. The summed E-state index contributed by atoms with van der Waals surface area (Å²) in [6.07, 6.45) is 14.1. The second kappa shape index (κ2) is 3.87. The molecule has 0 heteroatoms. The van der Waals surface area contributed by atoms with Crippen LogP contribution >= 0.6 is 0 Å². The maximum absolute atomic E-state index is 2.54. The third-order valence-electron chi connectivity index (χ3n) is 6.28. The van der Waals surface area contributed by atoms with Gasteiger partial charge in [0.25, 0.3) is 0 Å². The second-order valence-corrected chi connectivity index (χ2v) is 8.04. The van der Waals surface area contributed by atoms with Crippen molar-refractivity contribution < 1.29 is 0 Å². The fourth-order valence-electron chi connectivity index (χ4n) is 5.92. The van der Waals surface area contributed by atoms with E-state index in [0.29, 0.717) is 5.41 Å². The Morgan fingerprint density at radius 3 is 1.89 bits per heavy atom. The topological polar surface area (TPSA) is 0 Å². The van der Waals surface area contributed by atoms with Crippen molar-refractivity contribution in [2.24, 2.45) is 23.2 Å². The molecule has 0 N–H and O–H groups in total. The monoisotopic (exact) mass is 254 g/mol. The Hall–Kier alpha value is -0.780. The molecule has 19 heavy (non-hydrogen) atoms. The molecule has 0 aromatic carbocycles. The maximum Gasteiger partial charge on any atom is -0.00362 e. The summed E-state index contributed by atoms with van der Waals surface area (Å²) in [5, 5.41) is 0. The first-order valence-corrected chi connectivity index (χ1v) is 8.14. The molecule has 4 saturated carbocycles. The molecule has 0 aliphatic heterocycles. The van der Waals surface area contributed by atoms with Crippen LogP contribution in [0.25, 0.3) is 0 Å². The third kappa shape index (κ3) is 1.72. The highest BCUT2D eigenvalue weighted by Crippen LogP contribution is 2.64. The zero-order chi connectivity index (χ0) is 13.2. The van der Waals surface area contributed by atoms with Gasteiger partial charge in [-0.15, -0.1) is 0 Å². The Bertz CT molecular complexity index is 473. The maximum atomic E-state index is 2.54. The van der Waals surface area contributed by atoms with Crippen molar-refractivity contribution in [3.8, 4) is 0 Å². The molecule has 0 nitrogen and oxygen atoms in total. The summed E-state index contributed by atoms with van der Waals surface area (Å²) in [6, 6.07) is 0. The minimum atomic E-state index is 0.576. The van der Waals surface area contributed by atoms with E-state index in [0.717, 1.165) is 17.8 Å². The average molecular weight is 254 g/mol. The Kier molecular flexibility index (Phi) is 2.44. The predicted molar refractivity (Wildman–Crippen MR) is 80.8 cm³/mol. The fraction of sp³-hybridized carbons (Fsp3) is 0.684. The van der Waals surface area contributed by atoms with Crippen LogP contribution < -0.4 is 0 Å². The van der Waals surface area contributed by atoms with E-state index in [1.54, 1.807) is 30.4 Å². The molecule has 102 valence electrons. The summed E-state index contributed by atoms with van der Waals surface area (Å²) in [6.45, 7) is 6.84. The Balaban J connectivity index is 1.75. The normalized spacial score (nSPS) is 43.5. The first-order valence-electron chi connectivity index (χ1n) is 8.14. The molecule has 0 saturated heterocycles. The number of allylic oxidation sites excluding steroid dienone is 6. The van der Waals surface area contributed by atoms with Crippen LogP contribution in [0.15, 0.2) is 34.4 Å². The average Bonchev–Trinajstić information content (AvgIpc) is 2.70. The summed E-state index contributed by atoms with van der Waals surface area (Å²) in [7, 11) is 0. The molecule has 0 spiro atoms. The molecule has 4 bridgehead atoms. The highest BCUT2D eigenvalue weighted by molar-refractivity contribution is 5.55. The van der Waals surface area contributed by atoms with Crippen molar-refractivity contribution in [1.29, 1.82) is 0 Å². The van der Waals surface area contributed by atoms with Gasteiger partial charge >= 0.3 is 0 Å². The van der Waals surface area contributed by atoms with Crippen LogP contribution in [-0.4, -0.2) is 0 Å². The lowest BCUT2D eigenvalue weighted by Crippen LogP contribution is -2.46. The molecule has 0 radical (unpaired) electrons. The van der Waals surface area contributed by atoms with E-state index < -0.39 is 0 Å². The predicted octanol–water partition coefficient (Wildman–Crippen LogP) is 5.43. The van der Waals surface area contributed by atoms with Gasteiger partial charge in [0.1, 0.15) is 0 Å². The molecule has 4 fully saturated rings. The van der Waals surface area contributed by atoms with Crippen LogP contribution in [-0.2, 0) is 0 Å². The summed E-state index contributed by atoms with van der Waals surface area (Å²) < 4.78 is 0. The minimum absolute atomic E-state index is 0.576. The van der Waals surface area contributed by atoms with E-state index in [9.17, 15) is 0 Å². The van der Waals surface area contributed by atoms with Gasteiger partial charge in [-0.3, -0.25) is 0 Å². The molecule has 0 amide bonds. The molecule has 0 unspecified atom stereocenters. The lowest BCUT2D eigenvalue weighted by Gasteiger charge is -2.57. The molecule has 0 atom stereocenters. The molecule has 0 aromatic heterocycles. The quantitative estimate of drug-likeness (QED) is 0.585. The zero-order valence-electron chi connectivity index (χ0n) is 12.6. The van der Waals surface area contributed by atoms with Crippen LogP contribution in [0.5, 0.6) is 0 Å². The Morgan fingerprint density at radius 2 is 1.47 bits per heavy atom. The van der Waals surface area contributed by atoms with Gasteiger partial charge in [0.15, 0.2) is 0 Å². The summed E-state index contributed by atoms with van der Waals surface area (Å²) in [5.41, 5.74) is 6.83. The van der Waals surface area contributed by atoms with Gasteiger partial charge in [-0.25, -0.2) is 0 Å². The number of hydrogen-bond acceptors (Lipinski definition) is 0. The van der Waals surface area contributed by atoms with Crippen LogP contribution in [0, 0.1) is 23.2 Å². The van der Waals surface area contributed by atoms with Gasteiger partial charge in [-0.1, -0.05) is 17.7 Å². The van der Waals surface area contributed by atoms with Crippen molar-refractivity contribution in [1.82, 2.24) is 0 Å². The fourth-order valence-corrected chi connectivity index (χ4v) is 5.92. The molecule has 5 rings (SSSR count). The molecule has 0 aromatic rings. The molecular formula is C19H26. The number of rotatable bonds is 1. The highest BCUT2D eigenvalue weighted by Gasteiger charge is 2.52.